The van der Waals surface area contributed by atoms with Gasteiger partial charge in [0, 0.05) is 11.3 Å². The molecule has 0 N–H and O–H groups in total. The molecule has 0 radical (unpaired) electrons. The van der Waals surface area contributed by atoms with E-state index in [1.165, 1.54) is 35.4 Å². The molecule has 1 aromatic heterocycles. The minimum Gasteiger partial charge on any atom is -0.245 e. The van der Waals surface area contributed by atoms with Gasteiger partial charge in [-0.3, -0.25) is 0 Å². The predicted molar refractivity (Wildman–Crippen MR) is 72.7 cm³/mol. The molecule has 90 valence electrons. The SMILES string of the molecule is N#CCc1csc(C2CCCc3ccccc32)n1. The second-order valence-electron chi connectivity index (χ2n) is 4.66. The third kappa shape index (κ3) is 2.04. The number of hydrogen-bond acceptors (Lipinski definition) is 3. The zero-order chi connectivity index (χ0) is 12.4. The summed E-state index contributed by atoms with van der Waals surface area (Å²) in [5, 5.41) is 11.9. The Hall–Kier alpha value is -1.66. The number of thiazole rings is 1. The van der Waals surface area contributed by atoms with Gasteiger partial charge < -0.3 is 0 Å². The molecule has 3 heteroatoms. The van der Waals surface area contributed by atoms with Gasteiger partial charge in [0.1, 0.15) is 5.01 Å². The summed E-state index contributed by atoms with van der Waals surface area (Å²) in [6.45, 7) is 0. The van der Waals surface area contributed by atoms with Gasteiger partial charge in [-0.25, -0.2) is 4.98 Å². The Bertz CT molecular complexity index is 595. The molecule has 1 atom stereocenters. The summed E-state index contributed by atoms with van der Waals surface area (Å²) in [6, 6.07) is 10.8. The summed E-state index contributed by atoms with van der Waals surface area (Å²) in [4.78, 5) is 4.62. The van der Waals surface area contributed by atoms with Crippen LogP contribution in [0.5, 0.6) is 0 Å². The minimum atomic E-state index is 0.421. The summed E-state index contributed by atoms with van der Waals surface area (Å²) in [7, 11) is 0. The Kier molecular flexibility index (Phi) is 3.12. The molecule has 1 heterocycles. The van der Waals surface area contributed by atoms with Crippen LogP contribution in [0, 0.1) is 11.3 Å². The van der Waals surface area contributed by atoms with Crippen molar-refractivity contribution in [2.24, 2.45) is 0 Å². The van der Waals surface area contributed by atoms with E-state index in [4.69, 9.17) is 5.26 Å². The lowest BCUT2D eigenvalue weighted by Crippen LogP contribution is -2.10. The number of nitrogens with zero attached hydrogens (tertiary/aromatic N) is 2. The van der Waals surface area contributed by atoms with Crippen molar-refractivity contribution in [2.75, 3.05) is 0 Å². The van der Waals surface area contributed by atoms with E-state index in [0.717, 1.165) is 5.69 Å². The quantitative estimate of drug-likeness (QED) is 0.819. The molecule has 0 aliphatic heterocycles. The van der Waals surface area contributed by atoms with Gasteiger partial charge in [-0.05, 0) is 30.4 Å². The highest BCUT2D eigenvalue weighted by Gasteiger charge is 2.23. The largest absolute Gasteiger partial charge is 0.245 e. The maximum Gasteiger partial charge on any atom is 0.100 e. The fraction of sp³-hybridized carbons (Fsp3) is 0.333. The van der Waals surface area contributed by atoms with Gasteiger partial charge in [0.05, 0.1) is 18.2 Å². The Morgan fingerprint density at radius 3 is 3.17 bits per heavy atom. The van der Waals surface area contributed by atoms with Crippen LogP contribution in [0.3, 0.4) is 0 Å². The first-order valence-corrected chi connectivity index (χ1v) is 7.15. The molecule has 0 saturated heterocycles. The first-order chi connectivity index (χ1) is 8.88. The van der Waals surface area contributed by atoms with Crippen molar-refractivity contribution in [3.8, 4) is 6.07 Å². The summed E-state index contributed by atoms with van der Waals surface area (Å²) in [5.74, 6) is 0.437. The smallest absolute Gasteiger partial charge is 0.100 e. The lowest BCUT2D eigenvalue weighted by Gasteiger charge is -2.23. The number of benzene rings is 1. The van der Waals surface area contributed by atoms with Crippen molar-refractivity contribution >= 4 is 11.3 Å². The second-order valence-corrected chi connectivity index (χ2v) is 5.55. The molecule has 0 fully saturated rings. The van der Waals surface area contributed by atoms with Gasteiger partial charge in [-0.1, -0.05) is 24.3 Å². The summed E-state index contributed by atoms with van der Waals surface area (Å²) in [5.41, 5.74) is 3.81. The maximum atomic E-state index is 8.71. The number of nitriles is 1. The molecular formula is C15H14N2S. The zero-order valence-electron chi connectivity index (χ0n) is 10.1. The lowest BCUT2D eigenvalue weighted by atomic mass is 9.83. The molecule has 1 aliphatic rings. The highest BCUT2D eigenvalue weighted by atomic mass is 32.1. The Morgan fingerprint density at radius 1 is 1.39 bits per heavy atom. The molecule has 2 aromatic rings. The number of rotatable bonds is 2. The van der Waals surface area contributed by atoms with E-state index in [2.05, 4.69) is 35.3 Å². The first-order valence-electron chi connectivity index (χ1n) is 6.27. The average Bonchev–Trinajstić information content (AvgIpc) is 2.87. The van der Waals surface area contributed by atoms with Gasteiger partial charge >= 0.3 is 0 Å². The molecule has 2 nitrogen and oxygen atoms in total. The molecule has 3 rings (SSSR count). The third-order valence-electron chi connectivity index (χ3n) is 3.50. The number of aryl methyl sites for hydroxylation is 1. The van der Waals surface area contributed by atoms with Crippen molar-refractivity contribution in [3.05, 3.63) is 51.5 Å². The number of fused-ring (bicyclic) bond motifs is 1. The Morgan fingerprint density at radius 2 is 2.28 bits per heavy atom. The highest BCUT2D eigenvalue weighted by molar-refractivity contribution is 7.09. The highest BCUT2D eigenvalue weighted by Crippen LogP contribution is 2.37. The third-order valence-corrected chi connectivity index (χ3v) is 4.50. The van der Waals surface area contributed by atoms with Gasteiger partial charge in [0.15, 0.2) is 0 Å². The van der Waals surface area contributed by atoms with E-state index >= 15 is 0 Å². The molecule has 0 amide bonds. The minimum absolute atomic E-state index is 0.421. The van der Waals surface area contributed by atoms with Crippen molar-refractivity contribution in [1.29, 1.82) is 5.26 Å². The van der Waals surface area contributed by atoms with Crippen LogP contribution in [-0.4, -0.2) is 4.98 Å². The monoisotopic (exact) mass is 254 g/mol. The van der Waals surface area contributed by atoms with Gasteiger partial charge in [0.25, 0.3) is 0 Å². The lowest BCUT2D eigenvalue weighted by molar-refractivity contribution is 0.612. The molecule has 1 aliphatic carbocycles. The van der Waals surface area contributed by atoms with Gasteiger partial charge in [-0.2, -0.15) is 5.26 Å². The molecular weight excluding hydrogens is 240 g/mol. The van der Waals surface area contributed by atoms with E-state index in [0.29, 0.717) is 12.3 Å². The predicted octanol–water partition coefficient (Wildman–Crippen LogP) is 3.68. The van der Waals surface area contributed by atoms with Crippen molar-refractivity contribution in [3.63, 3.8) is 0 Å². The Balaban J connectivity index is 1.95. The van der Waals surface area contributed by atoms with E-state index in [-0.39, 0.29) is 0 Å². The van der Waals surface area contributed by atoms with Crippen LogP contribution >= 0.6 is 11.3 Å². The number of hydrogen-bond donors (Lipinski definition) is 0. The van der Waals surface area contributed by atoms with Crippen LogP contribution in [0.25, 0.3) is 0 Å². The fourth-order valence-corrected chi connectivity index (χ4v) is 3.63. The molecule has 0 spiro atoms. The van der Waals surface area contributed by atoms with Crippen LogP contribution in [0.4, 0.5) is 0 Å². The van der Waals surface area contributed by atoms with E-state index < -0.39 is 0 Å². The average molecular weight is 254 g/mol. The standard InChI is InChI=1S/C15H14N2S/c16-9-8-12-10-18-15(17-12)14-7-3-5-11-4-1-2-6-13(11)14/h1-2,4,6,10,14H,3,5,7-8H2. The van der Waals surface area contributed by atoms with E-state index in [1.807, 2.05) is 5.38 Å². The second kappa shape index (κ2) is 4.91. The van der Waals surface area contributed by atoms with Gasteiger partial charge in [-0.15, -0.1) is 11.3 Å². The normalized spacial score (nSPS) is 18.1. The fourth-order valence-electron chi connectivity index (χ4n) is 2.66. The van der Waals surface area contributed by atoms with E-state index in [9.17, 15) is 0 Å². The molecule has 1 unspecified atom stereocenters. The summed E-state index contributed by atoms with van der Waals surface area (Å²) < 4.78 is 0. The molecule has 0 bridgehead atoms. The van der Waals surface area contributed by atoms with Crippen molar-refractivity contribution < 1.29 is 0 Å². The van der Waals surface area contributed by atoms with Crippen LogP contribution in [-0.2, 0) is 12.8 Å². The summed E-state index contributed by atoms with van der Waals surface area (Å²) >= 11 is 1.70. The zero-order valence-corrected chi connectivity index (χ0v) is 10.9. The Labute approximate surface area is 111 Å². The van der Waals surface area contributed by atoms with Crippen LogP contribution in [0.15, 0.2) is 29.6 Å². The van der Waals surface area contributed by atoms with Crippen LogP contribution in [0.1, 0.15) is 40.6 Å². The topological polar surface area (TPSA) is 36.7 Å². The van der Waals surface area contributed by atoms with Gasteiger partial charge in [0.2, 0.25) is 0 Å². The molecule has 0 saturated carbocycles. The van der Waals surface area contributed by atoms with Crippen LogP contribution in [0.2, 0.25) is 0 Å². The van der Waals surface area contributed by atoms with Crippen LogP contribution < -0.4 is 0 Å². The van der Waals surface area contributed by atoms with Crippen molar-refractivity contribution in [2.45, 2.75) is 31.6 Å². The van der Waals surface area contributed by atoms with E-state index in [1.54, 1.807) is 11.3 Å². The summed E-state index contributed by atoms with van der Waals surface area (Å²) in [6.07, 6.45) is 4.01. The molecule has 1 aromatic carbocycles. The van der Waals surface area contributed by atoms with Crippen molar-refractivity contribution in [1.82, 2.24) is 4.98 Å². The number of aromatic nitrogens is 1. The maximum absolute atomic E-state index is 8.71. The molecule has 18 heavy (non-hydrogen) atoms. The first kappa shape index (κ1) is 11.4.